The molecule has 1 aliphatic heterocycles. The minimum absolute atomic E-state index is 0.111. The number of hydrogen-bond acceptors (Lipinski definition) is 3. The lowest BCUT2D eigenvalue weighted by Crippen LogP contribution is -2.51. The van der Waals surface area contributed by atoms with E-state index in [0.29, 0.717) is 5.92 Å². The summed E-state index contributed by atoms with van der Waals surface area (Å²) >= 11 is 0. The summed E-state index contributed by atoms with van der Waals surface area (Å²) < 4.78 is 6.08. The zero-order valence-electron chi connectivity index (χ0n) is 11.4. The number of rotatable bonds is 1. The third kappa shape index (κ3) is 2.33. The van der Waals surface area contributed by atoms with Gasteiger partial charge in [-0.25, -0.2) is 0 Å². The summed E-state index contributed by atoms with van der Waals surface area (Å²) in [7, 11) is 0. The van der Waals surface area contributed by atoms with Crippen molar-refractivity contribution < 1.29 is 9.84 Å². The lowest BCUT2D eigenvalue weighted by atomic mass is 9.68. The molecule has 3 fully saturated rings. The smallest absolute Gasteiger partial charge is 0.0692 e. The molecule has 1 saturated heterocycles. The fourth-order valence-corrected chi connectivity index (χ4v) is 4.55. The second kappa shape index (κ2) is 4.77. The van der Waals surface area contributed by atoms with Crippen LogP contribution >= 0.6 is 0 Å². The van der Waals surface area contributed by atoms with Crippen LogP contribution in [0.2, 0.25) is 0 Å². The van der Waals surface area contributed by atoms with Gasteiger partial charge in [0.2, 0.25) is 0 Å². The van der Waals surface area contributed by atoms with E-state index >= 15 is 0 Å². The molecule has 1 heterocycles. The van der Waals surface area contributed by atoms with Gasteiger partial charge in [0, 0.05) is 12.6 Å². The van der Waals surface area contributed by atoms with Crippen molar-refractivity contribution in [3.8, 4) is 0 Å². The maximum Gasteiger partial charge on any atom is 0.0692 e. The molecule has 2 aliphatic carbocycles. The van der Waals surface area contributed by atoms with Crippen molar-refractivity contribution in [1.29, 1.82) is 0 Å². The first-order valence-electron chi connectivity index (χ1n) is 7.74. The fraction of sp³-hybridized carbons (Fsp3) is 1.00. The van der Waals surface area contributed by atoms with Gasteiger partial charge in [-0.1, -0.05) is 12.8 Å². The third-order valence-electron chi connectivity index (χ3n) is 5.57. The van der Waals surface area contributed by atoms with Crippen LogP contribution in [0, 0.1) is 5.92 Å². The van der Waals surface area contributed by atoms with Crippen LogP contribution in [-0.4, -0.2) is 29.0 Å². The Hall–Kier alpha value is -0.120. The first kappa shape index (κ1) is 12.9. The zero-order chi connectivity index (χ0) is 12.6. The Bertz CT molecular complexity index is 301. The van der Waals surface area contributed by atoms with Gasteiger partial charge in [-0.2, -0.15) is 0 Å². The monoisotopic (exact) mass is 253 g/mol. The molecule has 3 heteroatoms. The van der Waals surface area contributed by atoms with Crippen LogP contribution < -0.4 is 5.73 Å². The van der Waals surface area contributed by atoms with Crippen LogP contribution in [0.5, 0.6) is 0 Å². The Kier molecular flexibility index (Phi) is 3.41. The van der Waals surface area contributed by atoms with E-state index in [9.17, 15) is 5.11 Å². The van der Waals surface area contributed by atoms with E-state index in [1.165, 1.54) is 25.7 Å². The molecular weight excluding hydrogens is 226 g/mol. The Morgan fingerprint density at radius 3 is 2.50 bits per heavy atom. The molecule has 3 rings (SSSR count). The highest BCUT2D eigenvalue weighted by atomic mass is 16.5. The summed E-state index contributed by atoms with van der Waals surface area (Å²) in [5.41, 5.74) is 5.68. The van der Waals surface area contributed by atoms with Crippen molar-refractivity contribution in [1.82, 2.24) is 0 Å². The average molecular weight is 253 g/mol. The van der Waals surface area contributed by atoms with Crippen molar-refractivity contribution in [2.45, 2.75) is 81.5 Å². The van der Waals surface area contributed by atoms with E-state index < -0.39 is 5.60 Å². The van der Waals surface area contributed by atoms with E-state index in [0.717, 1.165) is 45.1 Å². The van der Waals surface area contributed by atoms with Crippen LogP contribution in [0.3, 0.4) is 0 Å². The molecular formula is C15H27NO2. The number of aliphatic hydroxyl groups is 1. The van der Waals surface area contributed by atoms with Crippen molar-refractivity contribution in [3.05, 3.63) is 0 Å². The molecule has 0 radical (unpaired) electrons. The van der Waals surface area contributed by atoms with Crippen LogP contribution in [0.25, 0.3) is 0 Å². The Labute approximate surface area is 110 Å². The second-order valence-corrected chi connectivity index (χ2v) is 6.89. The molecule has 0 bridgehead atoms. The molecule has 18 heavy (non-hydrogen) atoms. The van der Waals surface area contributed by atoms with Gasteiger partial charge in [-0.3, -0.25) is 0 Å². The second-order valence-electron chi connectivity index (χ2n) is 6.89. The first-order valence-corrected chi connectivity index (χ1v) is 7.74. The van der Waals surface area contributed by atoms with E-state index in [-0.39, 0.29) is 11.6 Å². The average Bonchev–Trinajstić information content (AvgIpc) is 2.77. The van der Waals surface area contributed by atoms with E-state index in [1.54, 1.807) is 0 Å². The predicted octanol–water partition coefficient (Wildman–Crippen LogP) is 2.36. The minimum atomic E-state index is -0.503. The molecule has 0 aromatic carbocycles. The van der Waals surface area contributed by atoms with E-state index in [1.807, 2.05) is 0 Å². The Balaban J connectivity index is 1.71. The van der Waals surface area contributed by atoms with Gasteiger partial charge in [-0.05, 0) is 57.3 Å². The summed E-state index contributed by atoms with van der Waals surface area (Å²) in [6.45, 7) is 0.836. The Morgan fingerprint density at radius 2 is 1.78 bits per heavy atom. The summed E-state index contributed by atoms with van der Waals surface area (Å²) in [6, 6.07) is 0.200. The Morgan fingerprint density at radius 1 is 1.00 bits per heavy atom. The molecule has 2 saturated carbocycles. The van der Waals surface area contributed by atoms with Gasteiger partial charge in [-0.15, -0.1) is 0 Å². The van der Waals surface area contributed by atoms with Gasteiger partial charge in [0.25, 0.3) is 0 Å². The molecule has 3 aliphatic rings. The SMILES string of the molecule is NC1CCCC(O)(C2CCOC3(CCCC3)C2)C1. The maximum atomic E-state index is 11.0. The van der Waals surface area contributed by atoms with E-state index in [4.69, 9.17) is 10.5 Å². The van der Waals surface area contributed by atoms with Crippen molar-refractivity contribution in [2.24, 2.45) is 11.7 Å². The predicted molar refractivity (Wildman–Crippen MR) is 71.3 cm³/mol. The zero-order valence-corrected chi connectivity index (χ0v) is 11.4. The van der Waals surface area contributed by atoms with Crippen molar-refractivity contribution >= 4 is 0 Å². The third-order valence-corrected chi connectivity index (χ3v) is 5.57. The number of hydrogen-bond donors (Lipinski definition) is 2. The standard InChI is InChI=1S/C15H27NO2/c16-13-4-3-8-15(17,11-13)12-5-9-18-14(10-12)6-1-2-7-14/h12-13,17H,1-11,16H2. The van der Waals surface area contributed by atoms with Gasteiger partial charge in [0.15, 0.2) is 0 Å². The van der Waals surface area contributed by atoms with Gasteiger partial charge in [0.1, 0.15) is 0 Å². The maximum absolute atomic E-state index is 11.0. The molecule has 0 amide bonds. The normalized spacial score (nSPS) is 44.3. The number of nitrogens with two attached hydrogens (primary N) is 1. The molecule has 0 aromatic rings. The minimum Gasteiger partial charge on any atom is -0.390 e. The van der Waals surface area contributed by atoms with Gasteiger partial charge < -0.3 is 15.6 Å². The first-order chi connectivity index (χ1) is 8.62. The molecule has 1 spiro atoms. The van der Waals surface area contributed by atoms with Crippen molar-refractivity contribution in [3.63, 3.8) is 0 Å². The summed E-state index contributed by atoms with van der Waals surface area (Å²) in [6.07, 6.45) is 11.0. The topological polar surface area (TPSA) is 55.5 Å². The molecule has 3 N–H and O–H groups in total. The lowest BCUT2D eigenvalue weighted by Gasteiger charge is -2.48. The highest BCUT2D eigenvalue weighted by Crippen LogP contribution is 2.47. The van der Waals surface area contributed by atoms with Gasteiger partial charge in [0.05, 0.1) is 11.2 Å². The quantitative estimate of drug-likeness (QED) is 0.754. The largest absolute Gasteiger partial charge is 0.390 e. The highest BCUT2D eigenvalue weighted by Gasteiger charge is 2.48. The summed E-state index contributed by atoms with van der Waals surface area (Å²) in [5.74, 6) is 0.413. The summed E-state index contributed by atoms with van der Waals surface area (Å²) in [5, 5.41) is 11.0. The summed E-state index contributed by atoms with van der Waals surface area (Å²) in [4.78, 5) is 0. The molecule has 104 valence electrons. The molecule has 0 aromatic heterocycles. The van der Waals surface area contributed by atoms with Crippen molar-refractivity contribution in [2.75, 3.05) is 6.61 Å². The van der Waals surface area contributed by atoms with E-state index in [2.05, 4.69) is 0 Å². The molecule has 3 atom stereocenters. The van der Waals surface area contributed by atoms with Crippen LogP contribution in [0.4, 0.5) is 0 Å². The molecule has 3 unspecified atom stereocenters. The van der Waals surface area contributed by atoms with Crippen LogP contribution in [0.1, 0.15) is 64.2 Å². The number of ether oxygens (including phenoxy) is 1. The fourth-order valence-electron chi connectivity index (χ4n) is 4.55. The lowest BCUT2D eigenvalue weighted by molar-refractivity contribution is -0.150. The van der Waals surface area contributed by atoms with Crippen LogP contribution in [-0.2, 0) is 4.74 Å². The molecule has 3 nitrogen and oxygen atoms in total. The van der Waals surface area contributed by atoms with Crippen LogP contribution in [0.15, 0.2) is 0 Å². The highest BCUT2D eigenvalue weighted by molar-refractivity contribution is 5.00. The van der Waals surface area contributed by atoms with Gasteiger partial charge >= 0.3 is 0 Å².